The van der Waals surface area contributed by atoms with Gasteiger partial charge < -0.3 is 19.5 Å². The Kier molecular flexibility index (Phi) is 5.31. The van der Waals surface area contributed by atoms with E-state index in [0.29, 0.717) is 32.7 Å². The van der Waals surface area contributed by atoms with Crippen LogP contribution in [0.2, 0.25) is 0 Å². The summed E-state index contributed by atoms with van der Waals surface area (Å²) in [4.78, 5) is 11.3. The number of esters is 1. The van der Waals surface area contributed by atoms with E-state index in [-0.39, 0.29) is 5.75 Å². The molecule has 0 aliphatic carbocycles. The van der Waals surface area contributed by atoms with Crippen LogP contribution < -0.4 is 10.1 Å². The van der Waals surface area contributed by atoms with Gasteiger partial charge in [0, 0.05) is 26.6 Å². The number of methoxy groups -OCH3 is 1. The van der Waals surface area contributed by atoms with Crippen molar-refractivity contribution in [1.29, 1.82) is 0 Å². The van der Waals surface area contributed by atoms with Crippen molar-refractivity contribution in [2.45, 2.75) is 19.1 Å². The summed E-state index contributed by atoms with van der Waals surface area (Å²) >= 11 is 0. The number of hydrogen-bond acceptors (Lipinski definition) is 5. The molecule has 0 saturated carbocycles. The minimum Gasteiger partial charge on any atom is -0.476 e. The molecule has 1 fully saturated rings. The summed E-state index contributed by atoms with van der Waals surface area (Å²) in [6.07, 6.45) is -0.242. The Morgan fingerprint density at radius 1 is 1.50 bits per heavy atom. The molecule has 1 heterocycles. The zero-order valence-corrected chi connectivity index (χ0v) is 11.4. The van der Waals surface area contributed by atoms with Gasteiger partial charge in [0.25, 0.3) is 0 Å². The maximum absolute atomic E-state index is 13.9. The smallest absolute Gasteiger partial charge is 0.347 e. The number of carbonyl (C=O) groups is 1. The van der Waals surface area contributed by atoms with Gasteiger partial charge in [-0.3, -0.25) is 0 Å². The van der Waals surface area contributed by atoms with Crippen LogP contribution in [-0.2, 0) is 20.8 Å². The van der Waals surface area contributed by atoms with Gasteiger partial charge in [0.05, 0.1) is 13.2 Å². The van der Waals surface area contributed by atoms with Gasteiger partial charge in [-0.1, -0.05) is 6.07 Å². The fraction of sp³-hybridized carbons (Fsp3) is 0.500. The molecule has 0 aromatic heterocycles. The van der Waals surface area contributed by atoms with E-state index in [9.17, 15) is 9.18 Å². The number of halogens is 1. The molecule has 0 radical (unpaired) electrons. The van der Waals surface area contributed by atoms with Gasteiger partial charge in [-0.2, -0.15) is 0 Å². The van der Waals surface area contributed by atoms with E-state index in [1.54, 1.807) is 13.2 Å². The second-order valence-corrected chi connectivity index (χ2v) is 4.50. The third kappa shape index (κ3) is 3.91. The Bertz CT molecular complexity index is 466. The molecule has 2 rings (SSSR count). The molecule has 0 amide bonds. The van der Waals surface area contributed by atoms with Gasteiger partial charge >= 0.3 is 5.97 Å². The summed E-state index contributed by atoms with van der Waals surface area (Å²) in [5, 5.41) is 3.12. The predicted octanol–water partition coefficient (Wildman–Crippen LogP) is 1.26. The summed E-state index contributed by atoms with van der Waals surface area (Å²) in [5.41, 5.74) is 0.806. The average molecular weight is 283 g/mol. The summed E-state index contributed by atoms with van der Waals surface area (Å²) in [7, 11) is 1.63. The molecule has 1 unspecified atom stereocenters. The molecule has 1 N–H and O–H groups in total. The van der Waals surface area contributed by atoms with Crippen LogP contribution in [0.25, 0.3) is 0 Å². The molecule has 0 bridgehead atoms. The van der Waals surface area contributed by atoms with Crippen LogP contribution in [-0.4, -0.2) is 38.9 Å². The number of rotatable bonds is 7. The topological polar surface area (TPSA) is 56.8 Å². The van der Waals surface area contributed by atoms with Gasteiger partial charge in [-0.25, -0.2) is 9.18 Å². The molecule has 110 valence electrons. The maximum Gasteiger partial charge on any atom is 0.347 e. The quantitative estimate of drug-likeness (QED) is 0.603. The first kappa shape index (κ1) is 14.7. The standard InChI is InChI=1S/C14H18FNO4/c1-18-7-5-16-9-10-2-3-12(11(15)8-10)20-13-4-6-19-14(13)17/h2-3,8,13,16H,4-7,9H2,1H3. The van der Waals surface area contributed by atoms with Crippen LogP contribution >= 0.6 is 0 Å². The minimum absolute atomic E-state index is 0.0782. The van der Waals surface area contributed by atoms with E-state index in [2.05, 4.69) is 5.32 Å². The number of carbonyl (C=O) groups excluding carboxylic acids is 1. The second-order valence-electron chi connectivity index (χ2n) is 4.50. The third-order valence-electron chi connectivity index (χ3n) is 2.96. The van der Waals surface area contributed by atoms with Crippen LogP contribution in [0.5, 0.6) is 5.75 Å². The van der Waals surface area contributed by atoms with Gasteiger partial charge in [0.1, 0.15) is 0 Å². The van der Waals surface area contributed by atoms with Crippen LogP contribution in [0.3, 0.4) is 0 Å². The highest BCUT2D eigenvalue weighted by Gasteiger charge is 2.29. The van der Waals surface area contributed by atoms with Crippen molar-refractivity contribution in [3.63, 3.8) is 0 Å². The molecule has 1 aliphatic rings. The van der Waals surface area contributed by atoms with Crippen molar-refractivity contribution < 1.29 is 23.4 Å². The van der Waals surface area contributed by atoms with E-state index in [0.717, 1.165) is 5.56 Å². The Labute approximate surface area is 117 Å². The summed E-state index contributed by atoms with van der Waals surface area (Å²) in [6, 6.07) is 4.70. The molecular weight excluding hydrogens is 265 g/mol. The Morgan fingerprint density at radius 3 is 3.00 bits per heavy atom. The first-order chi connectivity index (χ1) is 9.70. The van der Waals surface area contributed by atoms with Crippen LogP contribution in [0.4, 0.5) is 4.39 Å². The second kappa shape index (κ2) is 7.21. The maximum atomic E-state index is 13.9. The van der Waals surface area contributed by atoms with Crippen LogP contribution in [0, 0.1) is 5.82 Å². The molecule has 5 nitrogen and oxygen atoms in total. The fourth-order valence-electron chi connectivity index (χ4n) is 1.89. The van der Waals surface area contributed by atoms with E-state index < -0.39 is 17.9 Å². The third-order valence-corrected chi connectivity index (χ3v) is 2.96. The van der Waals surface area contributed by atoms with Crippen molar-refractivity contribution in [1.82, 2.24) is 5.32 Å². The molecule has 1 aromatic rings. The molecule has 0 spiro atoms. The molecular formula is C14H18FNO4. The van der Waals surface area contributed by atoms with E-state index in [1.807, 2.05) is 0 Å². The molecule has 20 heavy (non-hydrogen) atoms. The highest BCUT2D eigenvalue weighted by molar-refractivity contribution is 5.76. The number of benzene rings is 1. The summed E-state index contributed by atoms with van der Waals surface area (Å²) in [6.45, 7) is 2.18. The average Bonchev–Trinajstić information content (AvgIpc) is 2.83. The lowest BCUT2D eigenvalue weighted by Gasteiger charge is -2.12. The number of nitrogens with one attached hydrogen (secondary N) is 1. The number of cyclic esters (lactones) is 1. The lowest BCUT2D eigenvalue weighted by atomic mass is 10.2. The number of hydrogen-bond donors (Lipinski definition) is 1. The van der Waals surface area contributed by atoms with E-state index in [4.69, 9.17) is 14.2 Å². The Morgan fingerprint density at radius 2 is 2.35 bits per heavy atom. The first-order valence-electron chi connectivity index (χ1n) is 6.52. The van der Waals surface area contributed by atoms with E-state index in [1.165, 1.54) is 12.1 Å². The molecule has 1 aromatic carbocycles. The van der Waals surface area contributed by atoms with Gasteiger partial charge in [-0.15, -0.1) is 0 Å². The minimum atomic E-state index is -0.699. The predicted molar refractivity (Wildman–Crippen MR) is 70.0 cm³/mol. The highest BCUT2D eigenvalue weighted by atomic mass is 19.1. The van der Waals surface area contributed by atoms with Crippen LogP contribution in [0.15, 0.2) is 18.2 Å². The van der Waals surface area contributed by atoms with Crippen LogP contribution in [0.1, 0.15) is 12.0 Å². The van der Waals surface area contributed by atoms with Crippen molar-refractivity contribution in [2.75, 3.05) is 26.9 Å². The molecule has 1 aliphatic heterocycles. The fourth-order valence-corrected chi connectivity index (χ4v) is 1.89. The molecule has 1 saturated heterocycles. The lowest BCUT2D eigenvalue weighted by molar-refractivity contribution is -0.143. The van der Waals surface area contributed by atoms with Crippen molar-refractivity contribution in [3.05, 3.63) is 29.6 Å². The van der Waals surface area contributed by atoms with Crippen molar-refractivity contribution in [3.8, 4) is 5.75 Å². The van der Waals surface area contributed by atoms with E-state index >= 15 is 0 Å². The zero-order chi connectivity index (χ0) is 14.4. The largest absolute Gasteiger partial charge is 0.476 e. The Balaban J connectivity index is 1.90. The van der Waals surface area contributed by atoms with Gasteiger partial charge in [-0.05, 0) is 17.7 Å². The lowest BCUT2D eigenvalue weighted by Crippen LogP contribution is -2.22. The zero-order valence-electron chi connectivity index (χ0n) is 11.4. The highest BCUT2D eigenvalue weighted by Crippen LogP contribution is 2.22. The molecule has 6 heteroatoms. The normalized spacial score (nSPS) is 18.1. The monoisotopic (exact) mass is 283 g/mol. The summed E-state index contributed by atoms with van der Waals surface area (Å²) < 4.78 is 28.9. The molecule has 1 atom stereocenters. The Hall–Kier alpha value is -1.66. The van der Waals surface area contributed by atoms with Crippen molar-refractivity contribution >= 4 is 5.97 Å². The SMILES string of the molecule is COCCNCc1ccc(OC2CCOC2=O)c(F)c1. The van der Waals surface area contributed by atoms with Gasteiger partial charge in [0.2, 0.25) is 0 Å². The summed E-state index contributed by atoms with van der Waals surface area (Å²) in [5.74, 6) is -0.833. The van der Waals surface area contributed by atoms with Gasteiger partial charge in [0.15, 0.2) is 17.7 Å². The first-order valence-corrected chi connectivity index (χ1v) is 6.52. The number of ether oxygens (including phenoxy) is 3. The van der Waals surface area contributed by atoms with Crippen molar-refractivity contribution in [2.24, 2.45) is 0 Å².